The van der Waals surface area contributed by atoms with Gasteiger partial charge in [-0.05, 0) is 12.1 Å². The molecule has 1 rings (SSSR count). The largest absolute Gasteiger partial charge is 0.236 e. The summed E-state index contributed by atoms with van der Waals surface area (Å²) in [5.74, 6) is -0.598. The number of halogens is 3. The summed E-state index contributed by atoms with van der Waals surface area (Å²) in [6, 6.07) is 2.59. The molecule has 0 aliphatic heterocycles. The third-order valence-electron chi connectivity index (χ3n) is 1.09. The van der Waals surface area contributed by atoms with Crippen LogP contribution in [-0.4, -0.2) is 0 Å². The molecule has 0 fully saturated rings. The molecule has 0 heterocycles. The molecule has 0 atom stereocenters. The molecule has 0 saturated carbocycles. The molecule has 0 aliphatic carbocycles. The zero-order valence-electron chi connectivity index (χ0n) is 5.24. The van der Waals surface area contributed by atoms with E-state index in [-0.39, 0.29) is 10.7 Å². The van der Waals surface area contributed by atoms with E-state index in [1.807, 2.05) is 0 Å². The first-order valence-corrected chi connectivity index (χ1v) is 3.84. The predicted octanol–water partition coefficient (Wildman–Crippen LogP) is 3.79. The fourth-order valence-corrected chi connectivity index (χ4v) is 1.50. The van der Waals surface area contributed by atoms with Gasteiger partial charge < -0.3 is 0 Å². The van der Waals surface area contributed by atoms with E-state index in [0.29, 0.717) is 4.47 Å². The smallest absolute Gasteiger partial charge is 0.234 e. The summed E-state index contributed by atoms with van der Waals surface area (Å²) < 4.78 is 13.2. The van der Waals surface area contributed by atoms with Gasteiger partial charge in [-0.25, -0.2) is 9.24 Å². The molecule has 1 aromatic carbocycles. The topological polar surface area (TPSA) is 4.36 Å². The van der Waals surface area contributed by atoms with Gasteiger partial charge >= 0.3 is 0 Å². The average Bonchev–Trinajstić information content (AvgIpc) is 1.85. The molecule has 0 amide bonds. The van der Waals surface area contributed by atoms with Crippen LogP contribution in [0.25, 0.3) is 4.85 Å². The van der Waals surface area contributed by atoms with E-state index in [0.717, 1.165) is 6.07 Å². The second-order valence-corrected chi connectivity index (χ2v) is 3.12. The normalized spacial score (nSPS) is 9.27. The molecule has 11 heavy (non-hydrogen) atoms. The SMILES string of the molecule is [C-]#[N+]c1c(F)cc(Cl)cc1Br. The van der Waals surface area contributed by atoms with E-state index in [2.05, 4.69) is 20.8 Å². The van der Waals surface area contributed by atoms with E-state index in [9.17, 15) is 4.39 Å². The summed E-state index contributed by atoms with van der Waals surface area (Å²) in [5.41, 5.74) is -0.0330. The van der Waals surface area contributed by atoms with Crippen molar-refractivity contribution in [1.29, 1.82) is 0 Å². The number of rotatable bonds is 0. The van der Waals surface area contributed by atoms with E-state index < -0.39 is 5.82 Å². The van der Waals surface area contributed by atoms with Crippen LogP contribution >= 0.6 is 27.5 Å². The lowest BCUT2D eigenvalue weighted by molar-refractivity contribution is 0.633. The average molecular weight is 234 g/mol. The number of benzene rings is 1. The first kappa shape index (κ1) is 8.51. The first-order valence-electron chi connectivity index (χ1n) is 2.67. The molecule has 0 radical (unpaired) electrons. The fraction of sp³-hybridized carbons (Fsp3) is 0. The highest BCUT2D eigenvalue weighted by atomic mass is 79.9. The Morgan fingerprint density at radius 2 is 2.18 bits per heavy atom. The minimum atomic E-state index is -0.598. The lowest BCUT2D eigenvalue weighted by Gasteiger charge is -1.96. The summed E-state index contributed by atoms with van der Waals surface area (Å²) >= 11 is 8.53. The fourth-order valence-electron chi connectivity index (χ4n) is 0.641. The standard InChI is InChI=1S/C7H2BrClFN/c1-11-7-5(8)2-4(9)3-6(7)10/h2-3H. The summed E-state index contributed by atoms with van der Waals surface area (Å²) in [6.45, 7) is 6.61. The molecule has 0 aliphatic rings. The Kier molecular flexibility index (Phi) is 2.48. The molecule has 0 unspecified atom stereocenters. The molecule has 0 saturated heterocycles. The van der Waals surface area contributed by atoms with Crippen LogP contribution in [0.15, 0.2) is 16.6 Å². The first-order chi connectivity index (χ1) is 5.15. The van der Waals surface area contributed by atoms with Gasteiger partial charge in [0.05, 0.1) is 6.57 Å². The van der Waals surface area contributed by atoms with Gasteiger partial charge in [-0.15, -0.1) is 0 Å². The maximum Gasteiger partial charge on any atom is 0.236 e. The molecule has 1 nitrogen and oxygen atoms in total. The summed E-state index contributed by atoms with van der Waals surface area (Å²) in [4.78, 5) is 2.98. The molecule has 0 spiro atoms. The molecular weight excluding hydrogens is 232 g/mol. The minimum absolute atomic E-state index is 0.0330. The second-order valence-electron chi connectivity index (χ2n) is 1.83. The Balaban J connectivity index is 3.40. The van der Waals surface area contributed by atoms with Gasteiger partial charge in [0, 0.05) is 9.50 Å². The zero-order chi connectivity index (χ0) is 8.43. The molecule has 0 N–H and O–H groups in total. The lowest BCUT2D eigenvalue weighted by atomic mass is 10.3. The Morgan fingerprint density at radius 1 is 1.55 bits per heavy atom. The Hall–Kier alpha value is -0.590. The van der Waals surface area contributed by atoms with Crippen molar-refractivity contribution in [2.24, 2.45) is 0 Å². The van der Waals surface area contributed by atoms with E-state index in [1.54, 1.807) is 0 Å². The van der Waals surface area contributed by atoms with Crippen molar-refractivity contribution < 1.29 is 4.39 Å². The zero-order valence-corrected chi connectivity index (χ0v) is 7.58. The highest BCUT2D eigenvalue weighted by Gasteiger charge is 2.07. The number of hydrogen-bond donors (Lipinski definition) is 0. The van der Waals surface area contributed by atoms with Crippen LogP contribution in [0.4, 0.5) is 10.1 Å². The molecule has 0 aromatic heterocycles. The van der Waals surface area contributed by atoms with Gasteiger partial charge in [0.25, 0.3) is 0 Å². The van der Waals surface area contributed by atoms with Gasteiger partial charge in [0.2, 0.25) is 5.69 Å². The number of nitrogens with zero attached hydrogens (tertiary/aromatic N) is 1. The molecule has 56 valence electrons. The highest BCUT2D eigenvalue weighted by Crippen LogP contribution is 2.31. The monoisotopic (exact) mass is 233 g/mol. The van der Waals surface area contributed by atoms with Crippen LogP contribution in [0.2, 0.25) is 5.02 Å². The molecule has 1 aromatic rings. The van der Waals surface area contributed by atoms with Crippen molar-refractivity contribution in [3.05, 3.63) is 38.9 Å². The van der Waals surface area contributed by atoms with Crippen LogP contribution in [0.3, 0.4) is 0 Å². The minimum Gasteiger partial charge on any atom is -0.234 e. The van der Waals surface area contributed by atoms with Gasteiger partial charge in [0.1, 0.15) is 5.82 Å². The third kappa shape index (κ3) is 1.70. The van der Waals surface area contributed by atoms with E-state index >= 15 is 0 Å². The summed E-state index contributed by atoms with van der Waals surface area (Å²) in [6.07, 6.45) is 0. The van der Waals surface area contributed by atoms with Crippen LogP contribution < -0.4 is 0 Å². The maximum absolute atomic E-state index is 12.8. The highest BCUT2D eigenvalue weighted by molar-refractivity contribution is 9.10. The maximum atomic E-state index is 12.8. The Morgan fingerprint density at radius 3 is 2.64 bits per heavy atom. The molecule has 0 bridgehead atoms. The predicted molar refractivity (Wildman–Crippen MR) is 45.4 cm³/mol. The van der Waals surface area contributed by atoms with Gasteiger partial charge in [0.15, 0.2) is 0 Å². The Labute approximate surface area is 76.7 Å². The van der Waals surface area contributed by atoms with Crippen LogP contribution in [-0.2, 0) is 0 Å². The van der Waals surface area contributed by atoms with Crippen molar-refractivity contribution in [2.75, 3.05) is 0 Å². The quantitative estimate of drug-likeness (QED) is 0.602. The molecule has 4 heteroatoms. The number of hydrogen-bond acceptors (Lipinski definition) is 0. The van der Waals surface area contributed by atoms with Crippen LogP contribution in [0, 0.1) is 12.4 Å². The van der Waals surface area contributed by atoms with Crippen LogP contribution in [0.1, 0.15) is 0 Å². The van der Waals surface area contributed by atoms with Crippen molar-refractivity contribution in [1.82, 2.24) is 0 Å². The van der Waals surface area contributed by atoms with Crippen LogP contribution in [0.5, 0.6) is 0 Å². The summed E-state index contributed by atoms with van der Waals surface area (Å²) in [7, 11) is 0. The van der Waals surface area contributed by atoms with Gasteiger partial charge in [-0.2, -0.15) is 0 Å². The van der Waals surface area contributed by atoms with Crippen molar-refractivity contribution in [2.45, 2.75) is 0 Å². The van der Waals surface area contributed by atoms with Crippen molar-refractivity contribution in [3.63, 3.8) is 0 Å². The van der Waals surface area contributed by atoms with Crippen molar-refractivity contribution in [3.8, 4) is 0 Å². The van der Waals surface area contributed by atoms with Gasteiger partial charge in [-0.3, -0.25) is 0 Å². The van der Waals surface area contributed by atoms with Gasteiger partial charge in [-0.1, -0.05) is 27.5 Å². The molecular formula is C7H2BrClFN. The third-order valence-corrected chi connectivity index (χ3v) is 1.92. The van der Waals surface area contributed by atoms with Crippen molar-refractivity contribution >= 4 is 33.2 Å². The van der Waals surface area contributed by atoms with E-state index in [1.165, 1.54) is 6.07 Å². The Bertz CT molecular complexity index is 309. The second kappa shape index (κ2) is 3.21. The lowest BCUT2D eigenvalue weighted by Crippen LogP contribution is -1.75. The van der Waals surface area contributed by atoms with E-state index in [4.69, 9.17) is 18.2 Å². The summed E-state index contributed by atoms with van der Waals surface area (Å²) in [5, 5.41) is 0.279.